The lowest BCUT2D eigenvalue weighted by Gasteiger charge is -2.37. The Balaban J connectivity index is 1.27. The highest BCUT2D eigenvalue weighted by molar-refractivity contribution is 6.33. The molecule has 3 heterocycles. The van der Waals surface area contributed by atoms with Gasteiger partial charge in [-0.25, -0.2) is 18.7 Å². The van der Waals surface area contributed by atoms with Crippen LogP contribution >= 0.6 is 23.2 Å². The molecule has 2 amide bonds. The Hall–Kier alpha value is -4.45. The van der Waals surface area contributed by atoms with Crippen molar-refractivity contribution in [2.45, 2.75) is 24.9 Å². The van der Waals surface area contributed by atoms with Crippen molar-refractivity contribution < 1.29 is 18.4 Å². The summed E-state index contributed by atoms with van der Waals surface area (Å²) in [5, 5.41) is 3.70. The monoisotopic (exact) mass is 635 g/mol. The number of halogens is 4. The van der Waals surface area contributed by atoms with Crippen molar-refractivity contribution in [3.8, 4) is 11.3 Å². The van der Waals surface area contributed by atoms with Crippen LogP contribution in [-0.4, -0.2) is 51.0 Å². The second kappa shape index (κ2) is 11.6. The summed E-state index contributed by atoms with van der Waals surface area (Å²) in [4.78, 5) is 40.0. The number of nitrogens with one attached hydrogen (secondary N) is 1. The summed E-state index contributed by atoms with van der Waals surface area (Å²) in [7, 11) is 0. The molecule has 4 aromatic rings. The number of nitrogens with zero attached hydrogens (tertiary/aromatic N) is 4. The molecular formula is C31H25Cl2F2N7O2. The van der Waals surface area contributed by atoms with E-state index in [9.17, 15) is 18.4 Å². The molecule has 9 nitrogen and oxygen atoms in total. The predicted molar refractivity (Wildman–Crippen MR) is 164 cm³/mol. The molecule has 2 aliphatic rings. The maximum atomic E-state index is 14.8. The van der Waals surface area contributed by atoms with Crippen LogP contribution in [0, 0.1) is 11.6 Å². The molecule has 0 radical (unpaired) electrons. The number of fused-ring (bicyclic) bond motifs is 3. The number of hydrogen-bond acceptors (Lipinski definition) is 7. The number of piperidine rings is 1. The second-order valence-corrected chi connectivity index (χ2v) is 11.5. The first kappa shape index (κ1) is 29.6. The molecule has 0 aliphatic carbocycles. The minimum absolute atomic E-state index is 0.0732. The minimum Gasteiger partial charge on any atom is -0.368 e. The van der Waals surface area contributed by atoms with E-state index >= 15 is 0 Å². The SMILES string of the molecule is NC(=O)C1(N)CCN(C(=O)c2ccc(Nc3ncc4c(n3)-c3ccc(Cl)cc3C(c3c(F)cccc3F)=NC4)c(Cl)c2)CC1. The first-order valence-electron chi connectivity index (χ1n) is 13.6. The average molecular weight is 636 g/mol. The third kappa shape index (κ3) is 5.49. The smallest absolute Gasteiger partial charge is 0.253 e. The van der Waals surface area contributed by atoms with Crippen molar-refractivity contribution in [2.24, 2.45) is 16.5 Å². The van der Waals surface area contributed by atoms with Gasteiger partial charge in [0.1, 0.15) is 11.6 Å². The lowest BCUT2D eigenvalue weighted by atomic mass is 9.88. The Morgan fingerprint density at radius 1 is 0.977 bits per heavy atom. The van der Waals surface area contributed by atoms with E-state index in [2.05, 4.69) is 15.3 Å². The number of likely N-dealkylation sites (tertiary alicyclic amines) is 1. The van der Waals surface area contributed by atoms with Crippen LogP contribution in [0.2, 0.25) is 10.0 Å². The summed E-state index contributed by atoms with van der Waals surface area (Å²) >= 11 is 12.9. The van der Waals surface area contributed by atoms with E-state index in [1.165, 1.54) is 24.3 Å². The van der Waals surface area contributed by atoms with Crippen molar-refractivity contribution in [1.29, 1.82) is 0 Å². The fourth-order valence-corrected chi connectivity index (χ4v) is 5.73. The van der Waals surface area contributed by atoms with Crippen LogP contribution in [0.3, 0.4) is 0 Å². The molecule has 13 heteroatoms. The number of hydrogen-bond donors (Lipinski definition) is 3. The molecule has 0 unspecified atom stereocenters. The van der Waals surface area contributed by atoms with Crippen molar-refractivity contribution in [2.75, 3.05) is 18.4 Å². The zero-order chi connectivity index (χ0) is 31.2. The normalized spacial score (nSPS) is 15.5. The van der Waals surface area contributed by atoms with Crippen LogP contribution in [0.15, 0.2) is 65.8 Å². The number of rotatable bonds is 5. The van der Waals surface area contributed by atoms with Gasteiger partial charge in [0.15, 0.2) is 0 Å². The van der Waals surface area contributed by atoms with Gasteiger partial charge in [-0.05, 0) is 55.3 Å². The fraction of sp³-hybridized carbons (Fsp3) is 0.194. The summed E-state index contributed by atoms with van der Waals surface area (Å²) in [6.45, 7) is 0.658. The van der Waals surface area contributed by atoms with Crippen molar-refractivity contribution in [3.63, 3.8) is 0 Å². The van der Waals surface area contributed by atoms with Gasteiger partial charge in [-0.3, -0.25) is 14.6 Å². The van der Waals surface area contributed by atoms with E-state index in [1.807, 2.05) is 0 Å². The highest BCUT2D eigenvalue weighted by atomic mass is 35.5. The lowest BCUT2D eigenvalue weighted by molar-refractivity contribution is -0.124. The first-order chi connectivity index (χ1) is 21.0. The van der Waals surface area contributed by atoms with Crippen LogP contribution in [0.1, 0.15) is 39.9 Å². The number of benzene rings is 3. The summed E-state index contributed by atoms with van der Waals surface area (Å²) in [5.41, 5.74) is 13.2. The van der Waals surface area contributed by atoms with Crippen LogP contribution in [-0.2, 0) is 11.3 Å². The van der Waals surface area contributed by atoms with Gasteiger partial charge in [0.2, 0.25) is 11.9 Å². The average Bonchev–Trinajstić information content (AvgIpc) is 3.14. The molecule has 1 aromatic heterocycles. The molecular weight excluding hydrogens is 611 g/mol. The van der Waals surface area contributed by atoms with Crippen LogP contribution < -0.4 is 16.8 Å². The number of carbonyl (C=O) groups is 2. The highest BCUT2D eigenvalue weighted by Gasteiger charge is 2.37. The van der Waals surface area contributed by atoms with Crippen LogP contribution in [0.4, 0.5) is 20.4 Å². The maximum absolute atomic E-state index is 14.8. The third-order valence-corrected chi connectivity index (χ3v) is 8.41. The summed E-state index contributed by atoms with van der Waals surface area (Å²) in [5.74, 6) is -2.12. The van der Waals surface area contributed by atoms with Crippen molar-refractivity contribution in [3.05, 3.63) is 105 Å². The Morgan fingerprint density at radius 3 is 2.39 bits per heavy atom. The first-order valence-corrected chi connectivity index (χ1v) is 14.4. The highest BCUT2D eigenvalue weighted by Crippen LogP contribution is 2.35. The number of aromatic nitrogens is 2. The number of nitrogens with two attached hydrogens (primary N) is 2. The quantitative estimate of drug-likeness (QED) is 0.274. The zero-order valence-electron chi connectivity index (χ0n) is 23.1. The number of primary amides is 1. The van der Waals surface area contributed by atoms with E-state index in [1.54, 1.807) is 41.4 Å². The Morgan fingerprint density at radius 2 is 1.70 bits per heavy atom. The van der Waals surface area contributed by atoms with E-state index in [0.29, 0.717) is 51.7 Å². The number of amides is 2. The standard InChI is InChI=1S/C31H25Cl2F2N7O2/c32-18-5-6-19-20(13-18)27(25-22(34)2-1-3-23(25)35)38-14-17-15-39-30(41-26(17)19)40-24-7-4-16(12-21(24)33)28(43)42-10-8-31(37,9-11-42)29(36)44/h1-7,12-13,15H,8-11,14,37H2,(H2,36,44)(H,39,40,41). The Bertz CT molecular complexity index is 1840. The zero-order valence-corrected chi connectivity index (χ0v) is 24.6. The molecule has 44 heavy (non-hydrogen) atoms. The van der Waals surface area contributed by atoms with Gasteiger partial charge >= 0.3 is 0 Å². The van der Waals surface area contributed by atoms with Gasteiger partial charge in [0.25, 0.3) is 5.91 Å². The minimum atomic E-state index is -1.12. The Labute approximate surface area is 260 Å². The van der Waals surface area contributed by atoms with Crippen molar-refractivity contribution in [1.82, 2.24) is 14.9 Å². The molecule has 0 saturated carbocycles. The van der Waals surface area contributed by atoms with Gasteiger partial charge in [0, 0.05) is 46.6 Å². The Kier molecular flexibility index (Phi) is 7.79. The molecule has 224 valence electrons. The summed E-state index contributed by atoms with van der Waals surface area (Å²) < 4.78 is 29.7. The van der Waals surface area contributed by atoms with E-state index in [4.69, 9.17) is 39.7 Å². The largest absolute Gasteiger partial charge is 0.368 e. The van der Waals surface area contributed by atoms with Gasteiger partial charge in [-0.2, -0.15) is 0 Å². The molecule has 2 aliphatic heterocycles. The van der Waals surface area contributed by atoms with Gasteiger partial charge in [-0.15, -0.1) is 0 Å². The fourth-order valence-electron chi connectivity index (χ4n) is 5.33. The summed E-state index contributed by atoms with van der Waals surface area (Å²) in [6.07, 6.45) is 2.13. The number of aliphatic imine (C=N–C) groups is 1. The van der Waals surface area contributed by atoms with Crippen LogP contribution in [0.5, 0.6) is 0 Å². The van der Waals surface area contributed by atoms with E-state index < -0.39 is 23.1 Å². The molecule has 5 N–H and O–H groups in total. The molecule has 0 spiro atoms. The third-order valence-electron chi connectivity index (χ3n) is 7.86. The number of carbonyl (C=O) groups excluding carboxylic acids is 2. The summed E-state index contributed by atoms with van der Waals surface area (Å²) in [6, 6.07) is 13.4. The molecule has 1 saturated heterocycles. The van der Waals surface area contributed by atoms with Crippen molar-refractivity contribution >= 4 is 52.4 Å². The lowest BCUT2D eigenvalue weighted by Crippen LogP contribution is -2.59. The van der Waals surface area contributed by atoms with Crippen LogP contribution in [0.25, 0.3) is 11.3 Å². The van der Waals surface area contributed by atoms with E-state index in [0.717, 1.165) is 0 Å². The maximum Gasteiger partial charge on any atom is 0.253 e. The van der Waals surface area contributed by atoms with Gasteiger partial charge < -0.3 is 21.7 Å². The molecule has 3 aromatic carbocycles. The molecule has 1 fully saturated rings. The van der Waals surface area contributed by atoms with E-state index in [-0.39, 0.29) is 47.5 Å². The predicted octanol–water partition coefficient (Wildman–Crippen LogP) is 5.24. The second-order valence-electron chi connectivity index (χ2n) is 10.7. The number of anilines is 2. The molecule has 6 rings (SSSR count). The molecule has 0 atom stereocenters. The topological polar surface area (TPSA) is 140 Å². The molecule has 0 bridgehead atoms. The van der Waals surface area contributed by atoms with Gasteiger partial charge in [0.05, 0.1) is 39.8 Å². The van der Waals surface area contributed by atoms with Gasteiger partial charge in [-0.1, -0.05) is 35.3 Å².